The van der Waals surface area contributed by atoms with Crippen molar-refractivity contribution >= 4 is 0 Å². The van der Waals surface area contributed by atoms with Gasteiger partial charge in [-0.15, -0.1) is 0 Å². The first-order chi connectivity index (χ1) is 9.17. The topological polar surface area (TPSA) is 26.0 Å². The maximum Gasteiger partial charge on any atom is 0.0326 e. The van der Waals surface area contributed by atoms with Crippen molar-refractivity contribution in [1.29, 1.82) is 0 Å². The van der Waals surface area contributed by atoms with Gasteiger partial charge < -0.3 is 5.73 Å². The summed E-state index contributed by atoms with van der Waals surface area (Å²) in [6, 6.07) is 7.09. The Hall–Kier alpha value is -0.820. The SMILES string of the molecule is CCCC(CCC)C(N)c1cc(CC)ccc1CC. The minimum absolute atomic E-state index is 0.210. The van der Waals surface area contributed by atoms with Crippen molar-refractivity contribution in [3.63, 3.8) is 0 Å². The fourth-order valence-electron chi connectivity index (χ4n) is 3.00. The molecule has 0 aromatic heterocycles. The molecule has 1 atom stereocenters. The highest BCUT2D eigenvalue weighted by Gasteiger charge is 2.20. The molecular weight excluding hydrogens is 230 g/mol. The van der Waals surface area contributed by atoms with Crippen molar-refractivity contribution in [1.82, 2.24) is 0 Å². The summed E-state index contributed by atoms with van der Waals surface area (Å²) in [7, 11) is 0. The normalized spacial score (nSPS) is 12.9. The molecule has 1 rings (SSSR count). The maximum atomic E-state index is 6.61. The van der Waals surface area contributed by atoms with Crippen molar-refractivity contribution in [2.24, 2.45) is 11.7 Å². The Labute approximate surface area is 119 Å². The summed E-state index contributed by atoms with van der Waals surface area (Å²) in [5, 5.41) is 0. The molecule has 1 unspecified atom stereocenters. The zero-order chi connectivity index (χ0) is 14.3. The first-order valence-electron chi connectivity index (χ1n) is 8.05. The first-order valence-corrected chi connectivity index (χ1v) is 8.05. The van der Waals surface area contributed by atoms with Crippen molar-refractivity contribution < 1.29 is 0 Å². The Morgan fingerprint density at radius 1 is 0.947 bits per heavy atom. The van der Waals surface area contributed by atoms with Crippen LogP contribution in [0.15, 0.2) is 18.2 Å². The van der Waals surface area contributed by atoms with E-state index in [1.54, 1.807) is 0 Å². The Bertz CT molecular complexity index is 364. The van der Waals surface area contributed by atoms with Crippen LogP contribution in [0.25, 0.3) is 0 Å². The summed E-state index contributed by atoms with van der Waals surface area (Å²) in [5.41, 5.74) is 10.9. The van der Waals surface area contributed by atoms with Gasteiger partial charge in [0.25, 0.3) is 0 Å². The fraction of sp³-hybridized carbons (Fsp3) is 0.667. The van der Waals surface area contributed by atoms with Crippen LogP contribution in [-0.4, -0.2) is 0 Å². The fourth-order valence-corrected chi connectivity index (χ4v) is 3.00. The van der Waals surface area contributed by atoms with E-state index < -0.39 is 0 Å². The van der Waals surface area contributed by atoms with Crippen molar-refractivity contribution in [2.45, 2.75) is 72.3 Å². The average molecular weight is 261 g/mol. The Balaban J connectivity index is 3.02. The van der Waals surface area contributed by atoms with Gasteiger partial charge in [0.05, 0.1) is 0 Å². The molecule has 1 nitrogen and oxygen atoms in total. The third-order valence-corrected chi connectivity index (χ3v) is 4.19. The summed E-state index contributed by atoms with van der Waals surface area (Å²) in [6.07, 6.45) is 7.12. The number of aryl methyl sites for hydroxylation is 2. The Morgan fingerprint density at radius 3 is 2.05 bits per heavy atom. The van der Waals surface area contributed by atoms with Gasteiger partial charge in [-0.25, -0.2) is 0 Å². The molecule has 0 aliphatic carbocycles. The predicted molar refractivity (Wildman–Crippen MR) is 85.4 cm³/mol. The zero-order valence-corrected chi connectivity index (χ0v) is 13.2. The van der Waals surface area contributed by atoms with E-state index in [0.29, 0.717) is 5.92 Å². The molecule has 0 amide bonds. The summed E-state index contributed by atoms with van der Waals surface area (Å²) in [4.78, 5) is 0. The minimum atomic E-state index is 0.210. The average Bonchev–Trinajstić information content (AvgIpc) is 2.45. The van der Waals surface area contributed by atoms with Gasteiger partial charge >= 0.3 is 0 Å². The number of benzene rings is 1. The minimum Gasteiger partial charge on any atom is -0.324 e. The standard InChI is InChI=1S/C18H31N/c1-5-9-16(10-6-2)18(19)17-13-14(7-3)11-12-15(17)8-4/h11-13,16,18H,5-10,19H2,1-4H3. The lowest BCUT2D eigenvalue weighted by Gasteiger charge is -2.26. The molecule has 2 N–H and O–H groups in total. The molecule has 1 aromatic carbocycles. The van der Waals surface area contributed by atoms with Crippen molar-refractivity contribution in [3.05, 3.63) is 34.9 Å². The summed E-state index contributed by atoms with van der Waals surface area (Å²) >= 11 is 0. The number of rotatable bonds is 8. The van der Waals surface area contributed by atoms with E-state index in [2.05, 4.69) is 45.9 Å². The van der Waals surface area contributed by atoms with Crippen LogP contribution in [-0.2, 0) is 12.8 Å². The van der Waals surface area contributed by atoms with Gasteiger partial charge in [-0.1, -0.05) is 58.7 Å². The molecule has 0 radical (unpaired) electrons. The smallest absolute Gasteiger partial charge is 0.0326 e. The summed E-state index contributed by atoms with van der Waals surface area (Å²) < 4.78 is 0. The van der Waals surface area contributed by atoms with Crippen LogP contribution >= 0.6 is 0 Å². The lowest BCUT2D eigenvalue weighted by atomic mass is 9.83. The van der Waals surface area contributed by atoms with E-state index >= 15 is 0 Å². The second kappa shape index (κ2) is 8.37. The van der Waals surface area contributed by atoms with E-state index in [1.165, 1.54) is 42.4 Å². The molecule has 0 bridgehead atoms. The molecule has 19 heavy (non-hydrogen) atoms. The predicted octanol–water partition coefficient (Wildman–Crippen LogP) is 5.03. The zero-order valence-electron chi connectivity index (χ0n) is 13.2. The highest BCUT2D eigenvalue weighted by Crippen LogP contribution is 2.30. The largest absolute Gasteiger partial charge is 0.324 e. The molecule has 0 saturated carbocycles. The molecule has 0 spiro atoms. The van der Waals surface area contributed by atoms with Crippen LogP contribution in [0.5, 0.6) is 0 Å². The highest BCUT2D eigenvalue weighted by atomic mass is 14.7. The molecule has 1 heteroatoms. The number of hydrogen-bond donors (Lipinski definition) is 1. The van der Waals surface area contributed by atoms with Crippen LogP contribution in [0.2, 0.25) is 0 Å². The van der Waals surface area contributed by atoms with Crippen LogP contribution in [0.3, 0.4) is 0 Å². The van der Waals surface area contributed by atoms with Crippen LogP contribution in [0.4, 0.5) is 0 Å². The molecule has 1 aromatic rings. The highest BCUT2D eigenvalue weighted by molar-refractivity contribution is 5.34. The van der Waals surface area contributed by atoms with Crippen LogP contribution < -0.4 is 5.73 Å². The van der Waals surface area contributed by atoms with E-state index in [0.717, 1.165) is 12.8 Å². The summed E-state index contributed by atoms with van der Waals surface area (Å²) in [6.45, 7) is 8.97. The molecule has 0 aliphatic rings. The second-order valence-electron chi connectivity index (χ2n) is 5.60. The van der Waals surface area contributed by atoms with Gasteiger partial charge in [-0.3, -0.25) is 0 Å². The van der Waals surface area contributed by atoms with Gasteiger partial charge in [0.2, 0.25) is 0 Å². The van der Waals surface area contributed by atoms with Gasteiger partial charge in [0, 0.05) is 6.04 Å². The summed E-state index contributed by atoms with van der Waals surface area (Å²) in [5.74, 6) is 0.632. The number of hydrogen-bond acceptors (Lipinski definition) is 1. The van der Waals surface area contributed by atoms with Gasteiger partial charge in [-0.2, -0.15) is 0 Å². The van der Waals surface area contributed by atoms with Crippen molar-refractivity contribution in [2.75, 3.05) is 0 Å². The Morgan fingerprint density at radius 2 is 1.58 bits per heavy atom. The van der Waals surface area contributed by atoms with Crippen LogP contribution in [0, 0.1) is 5.92 Å². The maximum absolute atomic E-state index is 6.61. The lowest BCUT2D eigenvalue weighted by Crippen LogP contribution is -2.23. The first kappa shape index (κ1) is 16.2. The number of nitrogens with two attached hydrogens (primary N) is 1. The molecular formula is C18H31N. The second-order valence-corrected chi connectivity index (χ2v) is 5.60. The van der Waals surface area contributed by atoms with Crippen molar-refractivity contribution in [3.8, 4) is 0 Å². The quantitative estimate of drug-likeness (QED) is 0.698. The van der Waals surface area contributed by atoms with E-state index in [1.807, 2.05) is 0 Å². The molecule has 0 heterocycles. The van der Waals surface area contributed by atoms with Crippen LogP contribution in [0.1, 0.15) is 76.1 Å². The van der Waals surface area contributed by atoms with E-state index in [9.17, 15) is 0 Å². The third-order valence-electron chi connectivity index (χ3n) is 4.19. The van der Waals surface area contributed by atoms with Gasteiger partial charge in [0.15, 0.2) is 0 Å². The lowest BCUT2D eigenvalue weighted by molar-refractivity contribution is 0.367. The Kier molecular flexibility index (Phi) is 7.15. The third kappa shape index (κ3) is 4.35. The molecule has 0 fully saturated rings. The van der Waals surface area contributed by atoms with Gasteiger partial charge in [0.1, 0.15) is 0 Å². The van der Waals surface area contributed by atoms with Gasteiger partial charge in [-0.05, 0) is 48.3 Å². The van der Waals surface area contributed by atoms with E-state index in [-0.39, 0.29) is 6.04 Å². The molecule has 0 aliphatic heterocycles. The molecule has 108 valence electrons. The van der Waals surface area contributed by atoms with E-state index in [4.69, 9.17) is 5.73 Å². The monoisotopic (exact) mass is 261 g/mol. The molecule has 0 saturated heterocycles.